The first-order valence-electron chi connectivity index (χ1n) is 9.71. The van der Waals surface area contributed by atoms with E-state index in [1.54, 1.807) is 0 Å². The van der Waals surface area contributed by atoms with Crippen LogP contribution in [0.5, 0.6) is 0 Å². The van der Waals surface area contributed by atoms with E-state index in [4.69, 9.17) is 0 Å². The molecule has 130 valence electrons. The lowest BCUT2D eigenvalue weighted by molar-refractivity contribution is 1.68. The second-order valence-corrected chi connectivity index (χ2v) is 7.38. The Labute approximate surface area is 163 Å². The van der Waals surface area contributed by atoms with E-state index in [1.807, 2.05) is 0 Å². The molecule has 28 heavy (non-hydrogen) atoms. The summed E-state index contributed by atoms with van der Waals surface area (Å²) < 4.78 is 0. The molecule has 0 bridgehead atoms. The van der Waals surface area contributed by atoms with Crippen LogP contribution in [0.2, 0.25) is 0 Å². The number of hydrogen-bond acceptors (Lipinski definition) is 0. The molecule has 0 saturated carbocycles. The van der Waals surface area contributed by atoms with Crippen molar-refractivity contribution in [1.29, 1.82) is 0 Å². The average molecular weight is 354 g/mol. The Morgan fingerprint density at radius 1 is 0.357 bits per heavy atom. The van der Waals surface area contributed by atoms with E-state index >= 15 is 0 Å². The Kier molecular flexibility index (Phi) is 3.27. The van der Waals surface area contributed by atoms with Gasteiger partial charge >= 0.3 is 0 Å². The fourth-order valence-corrected chi connectivity index (χ4v) is 4.55. The summed E-state index contributed by atoms with van der Waals surface area (Å²) in [7, 11) is 0. The molecule has 6 aromatic rings. The van der Waals surface area contributed by atoms with E-state index in [0.29, 0.717) is 0 Å². The summed E-state index contributed by atoms with van der Waals surface area (Å²) in [5, 5.41) is 10.5. The summed E-state index contributed by atoms with van der Waals surface area (Å²) in [4.78, 5) is 0. The number of fused-ring (bicyclic) bond motifs is 6. The third-order valence-corrected chi connectivity index (χ3v) is 5.81. The molecule has 6 aromatic carbocycles. The van der Waals surface area contributed by atoms with Gasteiger partial charge in [0.2, 0.25) is 0 Å². The predicted octanol–water partition coefficient (Wildman–Crippen LogP) is 7.97. The van der Waals surface area contributed by atoms with Crippen molar-refractivity contribution in [3.05, 3.63) is 109 Å². The van der Waals surface area contributed by atoms with Crippen molar-refractivity contribution in [2.24, 2.45) is 0 Å². The number of rotatable bonds is 1. The van der Waals surface area contributed by atoms with Crippen LogP contribution in [0.1, 0.15) is 0 Å². The smallest absolute Gasteiger partial charge is 0.00203 e. The lowest BCUT2D eigenvalue weighted by Gasteiger charge is -2.16. The summed E-state index contributed by atoms with van der Waals surface area (Å²) in [6, 6.07) is 39.6. The first-order chi connectivity index (χ1) is 13.9. The Bertz CT molecular complexity index is 1490. The van der Waals surface area contributed by atoms with Crippen LogP contribution < -0.4 is 0 Å². The van der Waals surface area contributed by atoms with E-state index in [0.717, 1.165) is 0 Å². The summed E-state index contributed by atoms with van der Waals surface area (Å²) in [5.41, 5.74) is 2.60. The van der Waals surface area contributed by atoms with Crippen molar-refractivity contribution in [1.82, 2.24) is 0 Å². The molecule has 0 amide bonds. The molecule has 0 spiro atoms. The summed E-state index contributed by atoms with van der Waals surface area (Å²) in [5.74, 6) is 0. The van der Waals surface area contributed by atoms with Crippen molar-refractivity contribution in [2.75, 3.05) is 0 Å². The quantitative estimate of drug-likeness (QED) is 0.207. The standard InChI is InChI=1S/C28H18/c1-2-10-21(11-3-1)27-25-17-16-19-8-4-6-12-23(19)26(25)18-22-15-14-20-9-5-7-13-24(20)28(22)27/h1-18H. The minimum atomic E-state index is 1.27. The van der Waals surface area contributed by atoms with Gasteiger partial charge in [-0.1, -0.05) is 103 Å². The van der Waals surface area contributed by atoms with Crippen LogP contribution >= 0.6 is 0 Å². The van der Waals surface area contributed by atoms with Crippen LogP contribution in [-0.2, 0) is 0 Å². The first kappa shape index (κ1) is 15.4. The fraction of sp³-hybridized carbons (Fsp3) is 0. The van der Waals surface area contributed by atoms with Gasteiger partial charge in [0.15, 0.2) is 0 Å². The molecular weight excluding hydrogens is 336 g/mol. The molecule has 6 rings (SSSR count). The van der Waals surface area contributed by atoms with E-state index in [9.17, 15) is 0 Å². The summed E-state index contributed by atoms with van der Waals surface area (Å²) in [6.45, 7) is 0. The van der Waals surface area contributed by atoms with Gasteiger partial charge in [0.05, 0.1) is 0 Å². The summed E-state index contributed by atoms with van der Waals surface area (Å²) in [6.07, 6.45) is 0. The maximum Gasteiger partial charge on any atom is -0.00203 e. The first-order valence-corrected chi connectivity index (χ1v) is 9.71. The highest BCUT2D eigenvalue weighted by atomic mass is 14.2. The van der Waals surface area contributed by atoms with Gasteiger partial charge in [-0.05, 0) is 60.3 Å². The third-order valence-electron chi connectivity index (χ3n) is 5.81. The summed E-state index contributed by atoms with van der Waals surface area (Å²) >= 11 is 0. The average Bonchev–Trinajstić information content (AvgIpc) is 2.78. The van der Waals surface area contributed by atoms with Crippen LogP contribution in [0, 0.1) is 0 Å². The van der Waals surface area contributed by atoms with Gasteiger partial charge < -0.3 is 0 Å². The van der Waals surface area contributed by atoms with Crippen LogP contribution in [0.4, 0.5) is 0 Å². The van der Waals surface area contributed by atoms with E-state index < -0.39 is 0 Å². The molecule has 0 N–H and O–H groups in total. The lowest BCUT2D eigenvalue weighted by Crippen LogP contribution is -1.88. The Morgan fingerprint density at radius 3 is 1.79 bits per heavy atom. The lowest BCUT2D eigenvalue weighted by atomic mass is 9.87. The maximum atomic E-state index is 2.37. The maximum absolute atomic E-state index is 2.37. The molecule has 0 fully saturated rings. The zero-order valence-electron chi connectivity index (χ0n) is 15.4. The minimum absolute atomic E-state index is 1.27. The van der Waals surface area contributed by atoms with Gasteiger partial charge in [-0.3, -0.25) is 0 Å². The van der Waals surface area contributed by atoms with Crippen molar-refractivity contribution in [2.45, 2.75) is 0 Å². The molecule has 0 unspecified atom stereocenters. The van der Waals surface area contributed by atoms with Crippen LogP contribution in [-0.4, -0.2) is 0 Å². The molecule has 0 atom stereocenters. The van der Waals surface area contributed by atoms with Gasteiger partial charge in [-0.25, -0.2) is 0 Å². The van der Waals surface area contributed by atoms with Crippen molar-refractivity contribution in [3.63, 3.8) is 0 Å². The van der Waals surface area contributed by atoms with E-state index in [1.165, 1.54) is 54.2 Å². The topological polar surface area (TPSA) is 0 Å². The van der Waals surface area contributed by atoms with Gasteiger partial charge in [0.25, 0.3) is 0 Å². The molecule has 0 aliphatic carbocycles. The zero-order chi connectivity index (χ0) is 18.5. The Balaban J connectivity index is 1.93. The molecule has 0 saturated heterocycles. The predicted molar refractivity (Wildman–Crippen MR) is 122 cm³/mol. The molecule has 0 aliphatic heterocycles. The highest BCUT2D eigenvalue weighted by Gasteiger charge is 2.14. The number of benzene rings is 6. The van der Waals surface area contributed by atoms with Crippen molar-refractivity contribution in [3.8, 4) is 11.1 Å². The molecule has 0 heterocycles. The highest BCUT2D eigenvalue weighted by molar-refractivity contribution is 6.25. The van der Waals surface area contributed by atoms with Crippen LogP contribution in [0.3, 0.4) is 0 Å². The molecule has 0 heteroatoms. The zero-order valence-corrected chi connectivity index (χ0v) is 15.4. The minimum Gasteiger partial charge on any atom is -0.0622 e. The van der Waals surface area contributed by atoms with Crippen LogP contribution in [0.15, 0.2) is 109 Å². The van der Waals surface area contributed by atoms with Crippen molar-refractivity contribution < 1.29 is 0 Å². The van der Waals surface area contributed by atoms with Crippen LogP contribution in [0.25, 0.3) is 54.2 Å². The Hall–Kier alpha value is -3.64. The normalized spacial score (nSPS) is 11.6. The monoisotopic (exact) mass is 354 g/mol. The fourth-order valence-electron chi connectivity index (χ4n) is 4.55. The molecule has 0 aliphatic rings. The van der Waals surface area contributed by atoms with Gasteiger partial charge in [-0.2, -0.15) is 0 Å². The van der Waals surface area contributed by atoms with Crippen molar-refractivity contribution >= 4 is 43.1 Å². The molecule has 0 radical (unpaired) electrons. The SMILES string of the molecule is c1ccc(-c2c3ccc4ccccc4c3cc3ccc4ccccc4c23)cc1. The largest absolute Gasteiger partial charge is 0.0622 e. The van der Waals surface area contributed by atoms with Gasteiger partial charge in [-0.15, -0.1) is 0 Å². The Morgan fingerprint density at radius 2 is 0.964 bits per heavy atom. The molecular formula is C28H18. The van der Waals surface area contributed by atoms with Gasteiger partial charge in [0.1, 0.15) is 0 Å². The van der Waals surface area contributed by atoms with Gasteiger partial charge in [0, 0.05) is 0 Å². The molecule has 0 nitrogen and oxygen atoms in total. The van der Waals surface area contributed by atoms with E-state index in [-0.39, 0.29) is 0 Å². The number of hydrogen-bond donors (Lipinski definition) is 0. The highest BCUT2D eigenvalue weighted by Crippen LogP contribution is 2.41. The second kappa shape index (κ2) is 5.94. The van der Waals surface area contributed by atoms with E-state index in [2.05, 4.69) is 109 Å². The molecule has 0 aromatic heterocycles. The third kappa shape index (κ3) is 2.18. The second-order valence-electron chi connectivity index (χ2n) is 7.38.